The second-order valence-electron chi connectivity index (χ2n) is 5.64. The van der Waals surface area contributed by atoms with E-state index in [9.17, 15) is 9.90 Å². The number of primary amides is 1. The lowest BCUT2D eigenvalue weighted by Crippen LogP contribution is -2.38. The van der Waals surface area contributed by atoms with Crippen molar-refractivity contribution in [2.75, 3.05) is 13.6 Å². The van der Waals surface area contributed by atoms with Crippen LogP contribution in [0.4, 0.5) is 0 Å². The smallest absolute Gasteiger partial charge is 0.284 e. The number of aliphatic hydroxyl groups is 1. The minimum absolute atomic E-state index is 0. The van der Waals surface area contributed by atoms with Crippen molar-refractivity contribution < 1.29 is 14.3 Å². The molecule has 0 aliphatic rings. The molecule has 0 aliphatic carbocycles. The van der Waals surface area contributed by atoms with Crippen molar-refractivity contribution in [1.82, 2.24) is 10.6 Å². The Morgan fingerprint density at radius 1 is 1.30 bits per heavy atom. The number of thiophene rings is 1. The maximum Gasteiger partial charge on any atom is 0.284 e. The predicted molar refractivity (Wildman–Crippen MR) is 118 cm³/mol. The van der Waals surface area contributed by atoms with Gasteiger partial charge >= 0.3 is 0 Å². The van der Waals surface area contributed by atoms with Crippen LogP contribution in [0.3, 0.4) is 0 Å². The largest absolute Gasteiger partial charge is 0.454 e. The average molecular weight is 500 g/mol. The fourth-order valence-corrected chi connectivity index (χ4v) is 3.51. The first-order valence-corrected chi connectivity index (χ1v) is 8.88. The van der Waals surface area contributed by atoms with Crippen LogP contribution in [0.5, 0.6) is 0 Å². The summed E-state index contributed by atoms with van der Waals surface area (Å²) in [6.07, 6.45) is -0.643. The average Bonchev–Trinajstić information content (AvgIpc) is 3.28. The third-order valence-corrected chi connectivity index (χ3v) is 5.01. The molecular weight excluding hydrogens is 479 g/mol. The summed E-state index contributed by atoms with van der Waals surface area (Å²) in [6, 6.07) is 13.2. The lowest BCUT2D eigenvalue weighted by molar-refractivity contribution is 0.0972. The van der Waals surface area contributed by atoms with Gasteiger partial charge in [-0.25, -0.2) is 0 Å². The van der Waals surface area contributed by atoms with Gasteiger partial charge in [-0.2, -0.15) is 0 Å². The van der Waals surface area contributed by atoms with Gasteiger partial charge in [-0.15, -0.1) is 35.3 Å². The number of benzene rings is 1. The summed E-state index contributed by atoms with van der Waals surface area (Å²) in [4.78, 5) is 16.0. The summed E-state index contributed by atoms with van der Waals surface area (Å²) in [7, 11) is 1.64. The zero-order chi connectivity index (χ0) is 18.5. The first kappa shape index (κ1) is 21.2. The van der Waals surface area contributed by atoms with E-state index in [-0.39, 0.29) is 29.7 Å². The van der Waals surface area contributed by atoms with Gasteiger partial charge in [-0.05, 0) is 29.7 Å². The Kier molecular flexibility index (Phi) is 7.63. The highest BCUT2D eigenvalue weighted by atomic mass is 127. The molecule has 3 aromatic rings. The number of carbonyl (C=O) groups is 1. The number of rotatable bonds is 6. The van der Waals surface area contributed by atoms with Crippen LogP contribution in [0.25, 0.3) is 10.1 Å². The second-order valence-corrected chi connectivity index (χ2v) is 6.75. The molecule has 1 unspecified atom stereocenters. The van der Waals surface area contributed by atoms with E-state index in [1.807, 2.05) is 30.3 Å². The van der Waals surface area contributed by atoms with Crippen molar-refractivity contribution in [3.63, 3.8) is 0 Å². The lowest BCUT2D eigenvalue weighted by atomic mass is 10.2. The third-order valence-electron chi connectivity index (χ3n) is 3.79. The van der Waals surface area contributed by atoms with Crippen LogP contribution in [-0.2, 0) is 6.54 Å². The summed E-state index contributed by atoms with van der Waals surface area (Å²) in [5.41, 5.74) is 5.16. The number of nitrogens with zero attached hydrogens (tertiary/aromatic N) is 1. The van der Waals surface area contributed by atoms with E-state index < -0.39 is 12.0 Å². The third kappa shape index (κ3) is 5.44. The van der Waals surface area contributed by atoms with Gasteiger partial charge < -0.3 is 25.9 Å². The predicted octanol–water partition coefficient (Wildman–Crippen LogP) is 2.61. The van der Waals surface area contributed by atoms with Crippen molar-refractivity contribution in [3.05, 3.63) is 58.9 Å². The van der Waals surface area contributed by atoms with Crippen LogP contribution >= 0.6 is 35.3 Å². The van der Waals surface area contributed by atoms with E-state index in [4.69, 9.17) is 10.2 Å². The molecule has 2 aromatic heterocycles. The van der Waals surface area contributed by atoms with Gasteiger partial charge in [0.1, 0.15) is 11.9 Å². The van der Waals surface area contributed by atoms with Crippen LogP contribution < -0.4 is 16.4 Å². The first-order valence-electron chi connectivity index (χ1n) is 8.06. The molecule has 0 saturated heterocycles. The number of aliphatic hydroxyl groups excluding tert-OH is 1. The molecule has 0 fully saturated rings. The van der Waals surface area contributed by atoms with E-state index in [0.717, 1.165) is 15.0 Å². The van der Waals surface area contributed by atoms with Crippen LogP contribution in [0, 0.1) is 0 Å². The second kappa shape index (κ2) is 9.72. The normalized spacial score (nSPS) is 12.4. The van der Waals surface area contributed by atoms with E-state index in [0.29, 0.717) is 24.8 Å². The van der Waals surface area contributed by atoms with E-state index >= 15 is 0 Å². The maximum absolute atomic E-state index is 11.0. The van der Waals surface area contributed by atoms with Gasteiger partial charge in [0, 0.05) is 23.2 Å². The SMILES string of the molecule is CN=C(NCc1ccc(C(N)=O)o1)NCC(O)c1cc2ccccc2s1.I. The van der Waals surface area contributed by atoms with Gasteiger partial charge in [0.15, 0.2) is 11.7 Å². The number of furan rings is 1. The summed E-state index contributed by atoms with van der Waals surface area (Å²) in [6.45, 7) is 0.656. The van der Waals surface area contributed by atoms with E-state index in [2.05, 4.69) is 15.6 Å². The van der Waals surface area contributed by atoms with Crippen LogP contribution in [0.15, 0.2) is 51.9 Å². The number of halogens is 1. The fraction of sp³-hybridized carbons (Fsp3) is 0.222. The van der Waals surface area contributed by atoms with Gasteiger partial charge in [-0.1, -0.05) is 18.2 Å². The zero-order valence-corrected chi connectivity index (χ0v) is 17.8. The van der Waals surface area contributed by atoms with Gasteiger partial charge in [0.05, 0.1) is 6.54 Å². The summed E-state index contributed by atoms with van der Waals surface area (Å²) < 4.78 is 6.45. The van der Waals surface area contributed by atoms with Crippen molar-refractivity contribution >= 4 is 57.3 Å². The highest BCUT2D eigenvalue weighted by molar-refractivity contribution is 14.0. The molecule has 2 heterocycles. The molecule has 0 bridgehead atoms. The topological polar surface area (TPSA) is 113 Å². The Morgan fingerprint density at radius 2 is 2.07 bits per heavy atom. The Morgan fingerprint density at radius 3 is 2.74 bits per heavy atom. The van der Waals surface area contributed by atoms with Crippen molar-refractivity contribution in [2.24, 2.45) is 10.7 Å². The summed E-state index contributed by atoms with van der Waals surface area (Å²) in [5.74, 6) is 0.587. The number of hydrogen-bond acceptors (Lipinski definition) is 5. The lowest BCUT2D eigenvalue weighted by Gasteiger charge is -2.14. The number of nitrogens with two attached hydrogens (primary N) is 1. The Hall–Kier alpha value is -2.11. The number of guanidine groups is 1. The summed E-state index contributed by atoms with van der Waals surface area (Å²) >= 11 is 1.57. The van der Waals surface area contributed by atoms with Crippen LogP contribution in [0.1, 0.15) is 27.3 Å². The van der Waals surface area contributed by atoms with Crippen molar-refractivity contribution in [1.29, 1.82) is 0 Å². The number of fused-ring (bicyclic) bond motifs is 1. The molecule has 5 N–H and O–H groups in total. The molecule has 9 heteroatoms. The molecule has 144 valence electrons. The molecule has 1 aromatic carbocycles. The number of nitrogens with one attached hydrogen (secondary N) is 2. The summed E-state index contributed by atoms with van der Waals surface area (Å²) in [5, 5.41) is 17.7. The minimum Gasteiger partial charge on any atom is -0.454 e. The Balaban J connectivity index is 0.00000261. The van der Waals surface area contributed by atoms with Gasteiger partial charge in [0.2, 0.25) is 0 Å². The molecular formula is C18H21IN4O3S. The van der Waals surface area contributed by atoms with Gasteiger partial charge in [-0.3, -0.25) is 9.79 Å². The molecule has 3 rings (SSSR count). The molecule has 0 radical (unpaired) electrons. The number of aliphatic imine (C=N–C) groups is 1. The van der Waals surface area contributed by atoms with Crippen molar-refractivity contribution in [3.8, 4) is 0 Å². The Labute approximate surface area is 177 Å². The first-order chi connectivity index (χ1) is 12.6. The monoisotopic (exact) mass is 500 g/mol. The van der Waals surface area contributed by atoms with Crippen LogP contribution in [0.2, 0.25) is 0 Å². The molecule has 0 aliphatic heterocycles. The highest BCUT2D eigenvalue weighted by Crippen LogP contribution is 2.29. The maximum atomic E-state index is 11.0. The van der Waals surface area contributed by atoms with Gasteiger partial charge in [0.25, 0.3) is 5.91 Å². The number of amides is 1. The number of hydrogen-bond donors (Lipinski definition) is 4. The Bertz CT molecular complexity index is 904. The van der Waals surface area contributed by atoms with E-state index in [1.54, 1.807) is 24.5 Å². The molecule has 1 amide bonds. The number of carbonyl (C=O) groups excluding carboxylic acids is 1. The standard InChI is InChI=1S/C18H20N4O3S.HI/c1-20-18(21-9-12-6-7-14(25-12)17(19)24)22-10-13(23)16-8-11-4-2-3-5-15(11)26-16;/h2-8,13,23H,9-10H2,1H3,(H2,19,24)(H2,20,21,22);1H. The molecule has 0 spiro atoms. The quantitative estimate of drug-likeness (QED) is 0.236. The zero-order valence-electron chi connectivity index (χ0n) is 14.6. The molecule has 1 atom stereocenters. The minimum atomic E-state index is -0.643. The molecule has 0 saturated carbocycles. The van der Waals surface area contributed by atoms with E-state index in [1.165, 1.54) is 6.07 Å². The molecule has 7 nitrogen and oxygen atoms in total. The fourth-order valence-electron chi connectivity index (χ4n) is 2.46. The molecule has 27 heavy (non-hydrogen) atoms. The van der Waals surface area contributed by atoms with Crippen molar-refractivity contribution in [2.45, 2.75) is 12.6 Å². The highest BCUT2D eigenvalue weighted by Gasteiger charge is 2.12. The van der Waals surface area contributed by atoms with Crippen LogP contribution in [-0.4, -0.2) is 30.6 Å².